The number of imidazole rings is 1. The first-order valence-corrected chi connectivity index (χ1v) is 7.98. The normalized spacial score (nSPS) is 13.7. The molecular weight excluding hydrogens is 250 g/mol. The topological polar surface area (TPSA) is 39.1 Å². The van der Waals surface area contributed by atoms with Gasteiger partial charge in [0.15, 0.2) is 0 Å². The SMILES string of the molecule is CCCNC(c1nccn1CCC)C(CC)(CC)OC. The molecular formula is C16H31N3O. The average Bonchev–Trinajstić information content (AvgIpc) is 2.92. The van der Waals surface area contributed by atoms with E-state index in [1.807, 2.05) is 13.3 Å². The van der Waals surface area contributed by atoms with Crippen LogP contribution in [0.2, 0.25) is 0 Å². The summed E-state index contributed by atoms with van der Waals surface area (Å²) in [6.07, 6.45) is 8.14. The smallest absolute Gasteiger partial charge is 0.128 e. The highest BCUT2D eigenvalue weighted by molar-refractivity contribution is 5.08. The van der Waals surface area contributed by atoms with Gasteiger partial charge in [-0.3, -0.25) is 0 Å². The highest BCUT2D eigenvalue weighted by Gasteiger charge is 2.38. The molecule has 1 heterocycles. The number of aromatic nitrogens is 2. The van der Waals surface area contributed by atoms with Gasteiger partial charge in [0.25, 0.3) is 0 Å². The van der Waals surface area contributed by atoms with Gasteiger partial charge >= 0.3 is 0 Å². The van der Waals surface area contributed by atoms with E-state index >= 15 is 0 Å². The zero-order chi connectivity index (χ0) is 15.0. The Bertz CT molecular complexity index is 363. The van der Waals surface area contributed by atoms with Crippen molar-refractivity contribution in [1.82, 2.24) is 14.9 Å². The number of rotatable bonds is 10. The van der Waals surface area contributed by atoms with E-state index in [1.165, 1.54) is 0 Å². The van der Waals surface area contributed by atoms with Crippen LogP contribution in [0, 0.1) is 0 Å². The Balaban J connectivity index is 3.12. The third kappa shape index (κ3) is 3.61. The summed E-state index contributed by atoms with van der Waals surface area (Å²) in [5.41, 5.74) is -0.188. The molecule has 4 heteroatoms. The first kappa shape index (κ1) is 17.2. The fraction of sp³-hybridized carbons (Fsp3) is 0.812. The molecule has 0 aliphatic carbocycles. The number of aryl methyl sites for hydroxylation is 1. The van der Waals surface area contributed by atoms with Gasteiger partial charge in [-0.05, 0) is 32.2 Å². The Kier molecular flexibility index (Phi) is 7.24. The van der Waals surface area contributed by atoms with Crippen molar-refractivity contribution >= 4 is 0 Å². The maximum atomic E-state index is 5.94. The summed E-state index contributed by atoms with van der Waals surface area (Å²) in [6, 6.07) is 0.143. The fourth-order valence-corrected chi connectivity index (χ4v) is 2.88. The number of nitrogens with zero attached hydrogens (tertiary/aromatic N) is 2. The molecule has 116 valence electrons. The van der Waals surface area contributed by atoms with Crippen LogP contribution in [0.25, 0.3) is 0 Å². The minimum Gasteiger partial charge on any atom is -0.376 e. The molecule has 1 rings (SSSR count). The van der Waals surface area contributed by atoms with Gasteiger partial charge in [0.1, 0.15) is 5.82 Å². The summed E-state index contributed by atoms with van der Waals surface area (Å²) >= 11 is 0. The molecule has 1 atom stereocenters. The van der Waals surface area contributed by atoms with Gasteiger partial charge in [-0.2, -0.15) is 0 Å². The van der Waals surface area contributed by atoms with Gasteiger partial charge < -0.3 is 14.6 Å². The van der Waals surface area contributed by atoms with Crippen molar-refractivity contribution < 1.29 is 4.74 Å². The van der Waals surface area contributed by atoms with Crippen LogP contribution >= 0.6 is 0 Å². The average molecular weight is 281 g/mol. The fourth-order valence-electron chi connectivity index (χ4n) is 2.88. The van der Waals surface area contributed by atoms with E-state index in [0.29, 0.717) is 0 Å². The van der Waals surface area contributed by atoms with Crippen LogP contribution in [0.3, 0.4) is 0 Å². The molecule has 20 heavy (non-hydrogen) atoms. The third-order valence-corrected chi connectivity index (χ3v) is 4.20. The van der Waals surface area contributed by atoms with Gasteiger partial charge in [-0.25, -0.2) is 4.98 Å². The molecule has 1 N–H and O–H groups in total. The molecule has 0 saturated carbocycles. The maximum absolute atomic E-state index is 5.94. The van der Waals surface area contributed by atoms with Crippen LogP contribution in [0.5, 0.6) is 0 Å². The maximum Gasteiger partial charge on any atom is 0.128 e. The van der Waals surface area contributed by atoms with Crippen LogP contribution in [0.15, 0.2) is 12.4 Å². The Morgan fingerprint density at radius 1 is 1.25 bits per heavy atom. The van der Waals surface area contributed by atoms with Gasteiger partial charge in [0.05, 0.1) is 11.6 Å². The summed E-state index contributed by atoms with van der Waals surface area (Å²) in [7, 11) is 1.82. The molecule has 0 aliphatic rings. The van der Waals surface area contributed by atoms with E-state index < -0.39 is 0 Å². The number of methoxy groups -OCH3 is 1. The van der Waals surface area contributed by atoms with Crippen molar-refractivity contribution in [2.24, 2.45) is 0 Å². The summed E-state index contributed by atoms with van der Waals surface area (Å²) < 4.78 is 8.19. The van der Waals surface area contributed by atoms with E-state index in [2.05, 4.69) is 48.8 Å². The third-order valence-electron chi connectivity index (χ3n) is 4.20. The van der Waals surface area contributed by atoms with Crippen molar-refractivity contribution in [3.8, 4) is 0 Å². The highest BCUT2D eigenvalue weighted by atomic mass is 16.5. The van der Waals surface area contributed by atoms with Gasteiger partial charge in [-0.15, -0.1) is 0 Å². The van der Waals surface area contributed by atoms with E-state index in [9.17, 15) is 0 Å². The molecule has 0 radical (unpaired) electrons. The number of hydrogen-bond acceptors (Lipinski definition) is 3. The monoisotopic (exact) mass is 281 g/mol. The quantitative estimate of drug-likeness (QED) is 0.713. The lowest BCUT2D eigenvalue weighted by Gasteiger charge is -2.38. The molecule has 1 unspecified atom stereocenters. The molecule has 0 bridgehead atoms. The molecule has 0 saturated heterocycles. The summed E-state index contributed by atoms with van der Waals surface area (Å²) in [5, 5.41) is 3.66. The highest BCUT2D eigenvalue weighted by Crippen LogP contribution is 2.34. The molecule has 4 nitrogen and oxygen atoms in total. The number of ether oxygens (including phenoxy) is 1. The van der Waals surface area contributed by atoms with Crippen LogP contribution < -0.4 is 5.32 Å². The molecule has 0 fully saturated rings. The van der Waals surface area contributed by atoms with Gasteiger partial charge in [0.2, 0.25) is 0 Å². The Morgan fingerprint density at radius 3 is 2.45 bits per heavy atom. The second-order valence-corrected chi connectivity index (χ2v) is 5.34. The minimum atomic E-state index is -0.188. The molecule has 0 spiro atoms. The minimum absolute atomic E-state index is 0.143. The van der Waals surface area contributed by atoms with Gasteiger partial charge in [0, 0.05) is 26.0 Å². The summed E-state index contributed by atoms with van der Waals surface area (Å²) in [5.74, 6) is 1.10. The summed E-state index contributed by atoms with van der Waals surface area (Å²) in [4.78, 5) is 4.62. The Hall–Kier alpha value is -0.870. The van der Waals surface area contributed by atoms with Crippen molar-refractivity contribution in [3.05, 3.63) is 18.2 Å². The second kappa shape index (κ2) is 8.42. The lowest BCUT2D eigenvalue weighted by atomic mass is 9.87. The van der Waals surface area contributed by atoms with Crippen LogP contribution in [0.1, 0.15) is 65.2 Å². The first-order valence-electron chi connectivity index (χ1n) is 7.98. The first-order chi connectivity index (χ1) is 9.68. The van der Waals surface area contributed by atoms with Crippen molar-refractivity contribution in [3.63, 3.8) is 0 Å². The Morgan fingerprint density at radius 2 is 1.95 bits per heavy atom. The Labute approximate surface area is 123 Å². The number of hydrogen-bond donors (Lipinski definition) is 1. The van der Waals surface area contributed by atoms with Crippen molar-refractivity contribution in [2.75, 3.05) is 13.7 Å². The zero-order valence-electron chi connectivity index (χ0n) is 13.8. The van der Waals surface area contributed by atoms with Crippen molar-refractivity contribution in [2.45, 2.75) is 71.6 Å². The zero-order valence-corrected chi connectivity index (χ0v) is 13.8. The molecule has 0 aromatic carbocycles. The van der Waals surface area contributed by atoms with Gasteiger partial charge in [-0.1, -0.05) is 27.7 Å². The summed E-state index contributed by atoms with van der Waals surface area (Å²) in [6.45, 7) is 10.8. The van der Waals surface area contributed by atoms with E-state index in [4.69, 9.17) is 4.74 Å². The lowest BCUT2D eigenvalue weighted by molar-refractivity contribution is -0.0515. The van der Waals surface area contributed by atoms with Crippen LogP contribution in [0.4, 0.5) is 0 Å². The molecule has 1 aromatic heterocycles. The van der Waals surface area contributed by atoms with Crippen LogP contribution in [-0.2, 0) is 11.3 Å². The molecule has 0 amide bonds. The standard InChI is InChI=1S/C16H31N3O/c1-6-10-17-14(16(8-3,9-4)20-5)15-18-11-13-19(15)12-7-2/h11,13-14,17H,6-10,12H2,1-5H3. The lowest BCUT2D eigenvalue weighted by Crippen LogP contribution is -2.46. The van der Waals surface area contributed by atoms with Crippen LogP contribution in [-0.4, -0.2) is 28.8 Å². The second-order valence-electron chi connectivity index (χ2n) is 5.34. The molecule has 1 aromatic rings. The number of nitrogens with one attached hydrogen (secondary N) is 1. The van der Waals surface area contributed by atoms with E-state index in [1.54, 1.807) is 0 Å². The molecule has 0 aliphatic heterocycles. The predicted molar refractivity (Wildman–Crippen MR) is 83.9 cm³/mol. The van der Waals surface area contributed by atoms with E-state index in [0.717, 1.165) is 44.6 Å². The van der Waals surface area contributed by atoms with E-state index in [-0.39, 0.29) is 11.6 Å². The van der Waals surface area contributed by atoms with Crippen molar-refractivity contribution in [1.29, 1.82) is 0 Å². The predicted octanol–water partition coefficient (Wildman–Crippen LogP) is 3.54. The largest absolute Gasteiger partial charge is 0.376 e.